The van der Waals surface area contributed by atoms with Crippen molar-refractivity contribution in [3.63, 3.8) is 0 Å². The summed E-state index contributed by atoms with van der Waals surface area (Å²) < 4.78 is 117. The van der Waals surface area contributed by atoms with Crippen molar-refractivity contribution in [2.75, 3.05) is 19.8 Å². The maximum Gasteiger partial charge on any atom is 0.482 e. The minimum absolute atomic E-state index is 0.453. The first-order chi connectivity index (χ1) is 35.9. The van der Waals surface area contributed by atoms with Gasteiger partial charge in [-0.15, -0.1) is 0 Å². The highest BCUT2D eigenvalue weighted by Gasteiger charge is 2.61. The zero-order valence-electron chi connectivity index (χ0n) is 44.0. The largest absolute Gasteiger partial charge is 0.482 e. The van der Waals surface area contributed by atoms with E-state index in [1.165, 1.54) is 0 Å². The lowest BCUT2D eigenvalue weighted by molar-refractivity contribution is -0.314. The van der Waals surface area contributed by atoms with Crippen LogP contribution in [0.5, 0.6) is 0 Å². The molecular weight excluding hydrogens is 1070 g/mol. The first-order valence-electron chi connectivity index (χ1n) is 23.5. The van der Waals surface area contributed by atoms with Crippen LogP contribution in [-0.2, 0) is 147 Å². The van der Waals surface area contributed by atoms with Gasteiger partial charge in [0.2, 0.25) is 18.9 Å². The quantitative estimate of drug-likeness (QED) is 0.0724. The van der Waals surface area contributed by atoms with Crippen LogP contribution in [0.4, 0.5) is 0 Å². The molecule has 0 bridgehead atoms. The summed E-state index contributed by atoms with van der Waals surface area (Å²) in [5.74, 6) is -12.3. The van der Waals surface area contributed by atoms with Crippen LogP contribution >= 0.6 is 7.82 Å². The Morgan fingerprint density at radius 2 is 0.468 bits per heavy atom. The molecule has 3 saturated heterocycles. The van der Waals surface area contributed by atoms with Crippen LogP contribution in [0.3, 0.4) is 0 Å². The molecule has 3 unspecified atom stereocenters. The van der Waals surface area contributed by atoms with E-state index in [9.17, 15) is 57.5 Å². The molecule has 0 aromatic rings. The summed E-state index contributed by atoms with van der Waals surface area (Å²) in [6, 6.07) is 0. The topological polar surface area (TPSA) is 388 Å². The Kier molecular flexibility index (Phi) is 25.3. The van der Waals surface area contributed by atoms with Crippen molar-refractivity contribution in [1.29, 1.82) is 0 Å². The molecule has 3 heterocycles. The Bertz CT molecular complexity index is 1980. The van der Waals surface area contributed by atoms with Crippen LogP contribution in [-0.4, -0.2) is 184 Å². The van der Waals surface area contributed by atoms with Crippen molar-refractivity contribution in [3.8, 4) is 0 Å². The first-order valence-corrected chi connectivity index (χ1v) is 24.9. The second kappa shape index (κ2) is 30.0. The van der Waals surface area contributed by atoms with Crippen LogP contribution < -0.4 is 0 Å². The number of esters is 12. The monoisotopic (exact) mass is 1130 g/mol. The summed E-state index contributed by atoms with van der Waals surface area (Å²) in [4.78, 5) is 150. The molecule has 3 rings (SSSR count). The molecule has 0 radical (unpaired) electrons. The molecule has 0 aromatic carbocycles. The molecular formula is C45H63O31P. The molecule has 3 aliphatic rings. The lowest BCUT2D eigenvalue weighted by Crippen LogP contribution is -2.63. The maximum absolute atomic E-state index is 16.2. The van der Waals surface area contributed by atoms with E-state index in [4.69, 9.17) is 84.6 Å². The predicted molar refractivity (Wildman–Crippen MR) is 241 cm³/mol. The van der Waals surface area contributed by atoms with Gasteiger partial charge in [-0.25, -0.2) is 4.57 Å². The van der Waals surface area contributed by atoms with E-state index in [0.29, 0.717) is 0 Å². The third-order valence-electron chi connectivity index (χ3n) is 10.3. The van der Waals surface area contributed by atoms with E-state index in [0.717, 1.165) is 83.1 Å². The molecule has 0 spiro atoms. The highest BCUT2D eigenvalue weighted by atomic mass is 31.2. The van der Waals surface area contributed by atoms with Crippen molar-refractivity contribution in [1.82, 2.24) is 0 Å². The SMILES string of the molecule is CC(=O)OCC[C@H]1OC(OP(=O)(OC2O[C@H](CCOC(C)=O)[C@@H](OC(C)=O)[C@H](OC(C)=O)[C@@H]2OC(C)=O)OC2O[C@H](CCOC(C)=O)[C@@H](OC(C)=O)[C@H](OC(C)=O)[C@@H]2OC(C)=O)[C@@H](OC(C)=O)[C@@H](OC(C)=O)[C@@H]1OC(C)=O. The highest BCUT2D eigenvalue weighted by Crippen LogP contribution is 2.57. The number of hydrogen-bond acceptors (Lipinski definition) is 31. The average Bonchev–Trinajstić information content (AvgIpc) is 3.26. The van der Waals surface area contributed by atoms with E-state index in [1.807, 2.05) is 0 Å². The number of phosphoric acid groups is 1. The minimum atomic E-state index is -6.14. The minimum Gasteiger partial charge on any atom is -0.466 e. The maximum atomic E-state index is 16.2. The number of carbonyl (C=O) groups excluding carboxylic acids is 12. The van der Waals surface area contributed by atoms with Gasteiger partial charge in [-0.2, -0.15) is 0 Å². The second-order valence-electron chi connectivity index (χ2n) is 16.9. The highest BCUT2D eigenvalue weighted by molar-refractivity contribution is 7.48. The number of phosphoric ester groups is 1. The molecule has 32 heteroatoms. The van der Waals surface area contributed by atoms with Gasteiger partial charge in [0, 0.05) is 102 Å². The Labute approximate surface area is 439 Å². The van der Waals surface area contributed by atoms with Crippen molar-refractivity contribution >= 4 is 79.5 Å². The first kappa shape index (κ1) is 64.9. The van der Waals surface area contributed by atoms with Gasteiger partial charge in [-0.1, -0.05) is 0 Å². The molecule has 3 fully saturated rings. The zero-order valence-corrected chi connectivity index (χ0v) is 44.9. The number of ether oxygens (including phenoxy) is 15. The zero-order chi connectivity index (χ0) is 58.1. The van der Waals surface area contributed by atoms with E-state index in [1.54, 1.807) is 0 Å². The normalized spacial score (nSPS) is 29.5. The van der Waals surface area contributed by atoms with Gasteiger partial charge in [-0.3, -0.25) is 71.1 Å². The lowest BCUT2D eigenvalue weighted by Gasteiger charge is -2.47. The van der Waals surface area contributed by atoms with Crippen LogP contribution in [0.2, 0.25) is 0 Å². The molecule has 15 atom stereocenters. The van der Waals surface area contributed by atoms with Gasteiger partial charge in [0.05, 0.1) is 19.8 Å². The smallest absolute Gasteiger partial charge is 0.466 e. The second-order valence-corrected chi connectivity index (χ2v) is 18.5. The summed E-state index contributed by atoms with van der Waals surface area (Å²) in [6.07, 6.45) is -31.3. The molecule has 31 nitrogen and oxygen atoms in total. The van der Waals surface area contributed by atoms with E-state index in [2.05, 4.69) is 0 Å². The number of carbonyl (C=O) groups is 12. The molecule has 0 aromatic heterocycles. The van der Waals surface area contributed by atoms with Crippen LogP contribution in [0.1, 0.15) is 102 Å². The van der Waals surface area contributed by atoms with Crippen molar-refractivity contribution < 1.29 is 147 Å². The third-order valence-corrected chi connectivity index (χ3v) is 11.7. The van der Waals surface area contributed by atoms with Crippen molar-refractivity contribution in [2.45, 2.75) is 194 Å². The van der Waals surface area contributed by atoms with Gasteiger partial charge in [0.1, 0.15) is 18.3 Å². The summed E-state index contributed by atoms with van der Waals surface area (Å²) in [6.45, 7) is 9.75. The third kappa shape index (κ3) is 21.2. The van der Waals surface area contributed by atoms with Crippen molar-refractivity contribution in [3.05, 3.63) is 0 Å². The van der Waals surface area contributed by atoms with Gasteiger partial charge in [0.25, 0.3) is 0 Å². The summed E-state index contributed by atoms with van der Waals surface area (Å²) in [5, 5.41) is 0. The molecule has 0 aliphatic carbocycles. The van der Waals surface area contributed by atoms with Gasteiger partial charge in [0.15, 0.2) is 54.9 Å². The van der Waals surface area contributed by atoms with Gasteiger partial charge < -0.3 is 71.1 Å². The predicted octanol–water partition coefficient (Wildman–Crippen LogP) is 0.564. The molecule has 77 heavy (non-hydrogen) atoms. The fourth-order valence-electron chi connectivity index (χ4n) is 7.93. The van der Waals surface area contributed by atoms with Gasteiger partial charge >= 0.3 is 79.5 Å². The average molecular weight is 1130 g/mol. The molecule has 0 amide bonds. The Hall–Kier alpha value is -6.37. The fraction of sp³-hybridized carbons (Fsp3) is 0.733. The molecule has 434 valence electrons. The standard InChI is InChI=1S/C45H63O31P/c1-19(46)59-16-13-31-34(62-22(4)49)37(65-25(7)52)40(68-28(10)55)43(71-31)74-77(58,75-44-41(69-29(11)56)38(66-26(8)53)35(63-23(5)50)32(72-44)14-17-60-20(2)47)76-45-42(70-30(12)57)39(67-27(9)54)36(64-24(6)51)33(73-45)15-18-61-21(3)48/h31-45H,13-18H2,1-12H3/t31-,32-,33-,34-,35-,36-,37+,38+,39+,40+,41+,42+,43?,44?,45?,77?/m1/s1. The Morgan fingerprint density at radius 3 is 0.649 bits per heavy atom. The molecule has 0 N–H and O–H groups in total. The van der Waals surface area contributed by atoms with Crippen LogP contribution in [0.25, 0.3) is 0 Å². The fourth-order valence-corrected chi connectivity index (χ4v) is 9.35. The summed E-state index contributed by atoms with van der Waals surface area (Å²) in [7, 11) is -6.14. The lowest BCUT2D eigenvalue weighted by atomic mass is 9.96. The summed E-state index contributed by atoms with van der Waals surface area (Å²) >= 11 is 0. The summed E-state index contributed by atoms with van der Waals surface area (Å²) in [5.41, 5.74) is 0. The van der Waals surface area contributed by atoms with E-state index in [-0.39, 0.29) is 0 Å². The van der Waals surface area contributed by atoms with Crippen LogP contribution in [0.15, 0.2) is 0 Å². The number of hydrogen-bond donors (Lipinski definition) is 0. The number of rotatable bonds is 24. The molecule has 3 aliphatic heterocycles. The molecule has 0 saturated carbocycles. The Balaban J connectivity index is 2.50. The Morgan fingerprint density at radius 1 is 0.286 bits per heavy atom. The van der Waals surface area contributed by atoms with E-state index >= 15 is 4.57 Å². The van der Waals surface area contributed by atoms with Crippen molar-refractivity contribution in [2.24, 2.45) is 0 Å². The van der Waals surface area contributed by atoms with Gasteiger partial charge in [-0.05, 0) is 0 Å². The van der Waals surface area contributed by atoms with E-state index < -0.39 is 211 Å². The van der Waals surface area contributed by atoms with Crippen LogP contribution in [0, 0.1) is 0 Å².